The molecular formula is C14H22N2O3S. The molecule has 0 fully saturated rings. The van der Waals surface area contributed by atoms with E-state index < -0.39 is 14.6 Å². The van der Waals surface area contributed by atoms with E-state index in [4.69, 9.17) is 0 Å². The maximum atomic E-state index is 11.7. The van der Waals surface area contributed by atoms with E-state index in [0.29, 0.717) is 6.54 Å². The Kier molecular flexibility index (Phi) is 4.07. The number of hydrogen-bond acceptors (Lipinski definition) is 4. The summed E-state index contributed by atoms with van der Waals surface area (Å²) in [7, 11) is -3.11. The normalized spacial score (nSPS) is 19.6. The fraction of sp³-hybridized carbons (Fsp3) is 0.643. The van der Waals surface area contributed by atoms with Crippen molar-refractivity contribution in [2.24, 2.45) is 0 Å². The lowest BCUT2D eigenvalue weighted by Crippen LogP contribution is -2.43. The van der Waals surface area contributed by atoms with E-state index in [9.17, 15) is 13.2 Å². The second-order valence-electron chi connectivity index (χ2n) is 6.11. The molecule has 0 amide bonds. The molecule has 112 valence electrons. The first-order valence-corrected chi connectivity index (χ1v) is 8.75. The molecule has 1 unspecified atom stereocenters. The molecule has 1 aliphatic carbocycles. The number of hydrogen-bond donors (Lipinski definition) is 2. The van der Waals surface area contributed by atoms with E-state index >= 15 is 0 Å². The standard InChI is InChI=1S/C14H22N2O3S/c1-14(2,20(3,18)19)9-15-11-5-4-6-12-10(11)7-8-13(17)16-12/h7-8,11,15H,4-6,9H2,1-3H3,(H,16,17). The Labute approximate surface area is 119 Å². The van der Waals surface area contributed by atoms with Crippen LogP contribution in [-0.2, 0) is 16.3 Å². The van der Waals surface area contributed by atoms with Crippen LogP contribution in [0.1, 0.15) is 44.0 Å². The van der Waals surface area contributed by atoms with Crippen LogP contribution in [0, 0.1) is 0 Å². The predicted molar refractivity (Wildman–Crippen MR) is 79.7 cm³/mol. The SMILES string of the molecule is CC(C)(CNC1CCCc2[nH]c(=O)ccc21)S(C)(=O)=O. The first-order chi connectivity index (χ1) is 9.21. The molecule has 1 heterocycles. The number of aromatic amines is 1. The summed E-state index contributed by atoms with van der Waals surface area (Å²) in [6.07, 6.45) is 4.09. The van der Waals surface area contributed by atoms with Gasteiger partial charge in [-0.3, -0.25) is 4.79 Å². The molecule has 20 heavy (non-hydrogen) atoms. The molecule has 1 atom stereocenters. The smallest absolute Gasteiger partial charge is 0.248 e. The highest BCUT2D eigenvalue weighted by molar-refractivity contribution is 7.92. The van der Waals surface area contributed by atoms with E-state index in [2.05, 4.69) is 10.3 Å². The molecule has 2 rings (SSSR count). The van der Waals surface area contributed by atoms with E-state index in [0.717, 1.165) is 30.5 Å². The molecule has 1 aliphatic rings. The quantitative estimate of drug-likeness (QED) is 0.874. The summed E-state index contributed by atoms with van der Waals surface area (Å²) in [6.45, 7) is 3.85. The van der Waals surface area contributed by atoms with Crippen molar-refractivity contribution in [1.82, 2.24) is 10.3 Å². The summed E-state index contributed by atoms with van der Waals surface area (Å²) < 4.78 is 22.7. The zero-order chi connectivity index (χ0) is 15.0. The number of sulfone groups is 1. The molecular weight excluding hydrogens is 276 g/mol. The lowest BCUT2D eigenvalue weighted by atomic mass is 9.91. The average Bonchev–Trinajstić information content (AvgIpc) is 2.34. The molecule has 5 nitrogen and oxygen atoms in total. The summed E-state index contributed by atoms with van der Waals surface area (Å²) >= 11 is 0. The number of pyridine rings is 1. The Bertz CT molecular complexity index is 647. The fourth-order valence-corrected chi connectivity index (χ4v) is 2.76. The highest BCUT2D eigenvalue weighted by Gasteiger charge is 2.31. The first-order valence-electron chi connectivity index (χ1n) is 6.86. The van der Waals surface area contributed by atoms with Crippen molar-refractivity contribution < 1.29 is 8.42 Å². The van der Waals surface area contributed by atoms with Gasteiger partial charge in [0.1, 0.15) is 0 Å². The lowest BCUT2D eigenvalue weighted by molar-refractivity contribution is 0.425. The van der Waals surface area contributed by atoms with Gasteiger partial charge in [-0.2, -0.15) is 0 Å². The molecule has 0 spiro atoms. The highest BCUT2D eigenvalue weighted by Crippen LogP contribution is 2.28. The van der Waals surface area contributed by atoms with Crippen molar-refractivity contribution in [2.45, 2.75) is 43.9 Å². The largest absolute Gasteiger partial charge is 0.326 e. The monoisotopic (exact) mass is 298 g/mol. The minimum Gasteiger partial charge on any atom is -0.326 e. The van der Waals surface area contributed by atoms with Crippen molar-refractivity contribution in [3.8, 4) is 0 Å². The number of H-pyrrole nitrogens is 1. The van der Waals surface area contributed by atoms with Crippen molar-refractivity contribution in [1.29, 1.82) is 0 Å². The Morgan fingerprint density at radius 3 is 2.75 bits per heavy atom. The molecule has 0 saturated heterocycles. The minimum atomic E-state index is -3.11. The zero-order valence-electron chi connectivity index (χ0n) is 12.2. The van der Waals surface area contributed by atoms with Gasteiger partial charge in [0.05, 0.1) is 4.75 Å². The summed E-state index contributed by atoms with van der Waals surface area (Å²) in [5.41, 5.74) is 1.97. The minimum absolute atomic E-state index is 0.0825. The van der Waals surface area contributed by atoms with Crippen LogP contribution in [0.5, 0.6) is 0 Å². The Morgan fingerprint density at radius 1 is 1.40 bits per heavy atom. The Balaban J connectivity index is 2.16. The third-order valence-electron chi connectivity index (χ3n) is 4.11. The highest BCUT2D eigenvalue weighted by atomic mass is 32.2. The van der Waals surface area contributed by atoms with Gasteiger partial charge in [-0.1, -0.05) is 6.07 Å². The molecule has 1 aromatic rings. The molecule has 0 aliphatic heterocycles. The lowest BCUT2D eigenvalue weighted by Gasteiger charge is -2.30. The van der Waals surface area contributed by atoms with Gasteiger partial charge in [-0.15, -0.1) is 0 Å². The molecule has 0 bridgehead atoms. The molecule has 0 radical (unpaired) electrons. The summed E-state index contributed by atoms with van der Waals surface area (Å²) in [6, 6.07) is 3.48. The maximum Gasteiger partial charge on any atom is 0.248 e. The van der Waals surface area contributed by atoms with Crippen LogP contribution in [0.15, 0.2) is 16.9 Å². The van der Waals surface area contributed by atoms with E-state index in [1.165, 1.54) is 12.3 Å². The van der Waals surface area contributed by atoms with Crippen LogP contribution >= 0.6 is 0 Å². The molecule has 2 N–H and O–H groups in total. The number of aryl methyl sites for hydroxylation is 1. The molecule has 0 saturated carbocycles. The van der Waals surface area contributed by atoms with Gasteiger partial charge >= 0.3 is 0 Å². The second kappa shape index (κ2) is 5.33. The third-order valence-corrected chi connectivity index (χ3v) is 6.26. The van der Waals surface area contributed by atoms with Gasteiger partial charge in [0, 0.05) is 30.6 Å². The van der Waals surface area contributed by atoms with E-state index in [-0.39, 0.29) is 11.6 Å². The number of fused-ring (bicyclic) bond motifs is 1. The van der Waals surface area contributed by atoms with E-state index in [1.807, 2.05) is 6.07 Å². The zero-order valence-corrected chi connectivity index (χ0v) is 13.0. The molecule has 1 aromatic heterocycles. The van der Waals surface area contributed by atoms with Crippen LogP contribution in [-0.4, -0.2) is 30.9 Å². The number of aromatic nitrogens is 1. The van der Waals surface area contributed by atoms with Crippen LogP contribution in [0.3, 0.4) is 0 Å². The molecule has 0 aromatic carbocycles. The van der Waals surface area contributed by atoms with Gasteiger partial charge in [-0.05, 0) is 38.7 Å². The van der Waals surface area contributed by atoms with Crippen molar-refractivity contribution >= 4 is 9.84 Å². The van der Waals surface area contributed by atoms with Crippen molar-refractivity contribution in [3.63, 3.8) is 0 Å². The third kappa shape index (κ3) is 3.12. The van der Waals surface area contributed by atoms with Crippen LogP contribution in [0.4, 0.5) is 0 Å². The summed E-state index contributed by atoms with van der Waals surface area (Å²) in [4.78, 5) is 14.2. The van der Waals surface area contributed by atoms with Gasteiger partial charge in [-0.25, -0.2) is 8.42 Å². The average molecular weight is 298 g/mol. The fourth-order valence-electron chi connectivity index (χ4n) is 2.41. The summed E-state index contributed by atoms with van der Waals surface area (Å²) in [5, 5.41) is 3.34. The van der Waals surface area contributed by atoms with Crippen molar-refractivity contribution in [3.05, 3.63) is 33.7 Å². The van der Waals surface area contributed by atoms with Crippen LogP contribution in [0.25, 0.3) is 0 Å². The van der Waals surface area contributed by atoms with Crippen LogP contribution < -0.4 is 10.9 Å². The van der Waals surface area contributed by atoms with Gasteiger partial charge in [0.25, 0.3) is 0 Å². The van der Waals surface area contributed by atoms with Gasteiger partial charge in [0.2, 0.25) is 5.56 Å². The van der Waals surface area contributed by atoms with E-state index in [1.54, 1.807) is 13.8 Å². The van der Waals surface area contributed by atoms with Crippen molar-refractivity contribution in [2.75, 3.05) is 12.8 Å². The second-order valence-corrected chi connectivity index (χ2v) is 8.76. The number of rotatable bonds is 4. The van der Waals surface area contributed by atoms with Crippen LogP contribution in [0.2, 0.25) is 0 Å². The Hall–Kier alpha value is -1.14. The topological polar surface area (TPSA) is 79.0 Å². The predicted octanol–water partition coefficient (Wildman–Crippen LogP) is 1.17. The summed E-state index contributed by atoms with van der Waals surface area (Å²) in [5.74, 6) is 0. The number of nitrogens with one attached hydrogen (secondary N) is 2. The molecule has 6 heteroatoms. The first kappa shape index (κ1) is 15.3. The van der Waals surface area contributed by atoms with Gasteiger partial charge < -0.3 is 10.3 Å². The Morgan fingerprint density at radius 2 is 2.10 bits per heavy atom. The van der Waals surface area contributed by atoms with Gasteiger partial charge in [0.15, 0.2) is 9.84 Å². The maximum absolute atomic E-state index is 11.7.